The van der Waals surface area contributed by atoms with Gasteiger partial charge in [0.25, 0.3) is 0 Å². The minimum Gasteiger partial charge on any atom is -0.317 e. The molecule has 0 aliphatic rings. The summed E-state index contributed by atoms with van der Waals surface area (Å²) in [6, 6.07) is 6.32. The van der Waals surface area contributed by atoms with Crippen LogP contribution >= 0.6 is 0 Å². The normalized spacial score (nSPS) is 11.9. The molecule has 1 aromatic heterocycles. The number of imidazole rings is 1. The number of hydrogen-bond donors (Lipinski definition) is 0. The van der Waals surface area contributed by atoms with Crippen molar-refractivity contribution >= 4 is 11.0 Å². The molecule has 0 aliphatic heterocycles. The Labute approximate surface area is 102 Å². The van der Waals surface area contributed by atoms with Crippen LogP contribution < -0.4 is 0 Å². The highest BCUT2D eigenvalue weighted by atomic mass is 15.2. The second-order valence-electron chi connectivity index (χ2n) is 4.96. The second-order valence-corrected chi connectivity index (χ2v) is 4.96. The number of para-hydroxylation sites is 1. The van der Waals surface area contributed by atoms with Gasteiger partial charge in [0.1, 0.15) is 0 Å². The molecule has 4 nitrogen and oxygen atoms in total. The zero-order valence-electron chi connectivity index (χ0n) is 11.0. The molecule has 0 fully saturated rings. The summed E-state index contributed by atoms with van der Waals surface area (Å²) in [5, 5.41) is 0. The monoisotopic (exact) mass is 232 g/mol. The first kappa shape index (κ1) is 12.1. The van der Waals surface area contributed by atoms with Crippen molar-refractivity contribution in [3.63, 3.8) is 0 Å². The summed E-state index contributed by atoms with van der Waals surface area (Å²) in [5.41, 5.74) is 3.65. The average Bonchev–Trinajstić information content (AvgIpc) is 2.61. The van der Waals surface area contributed by atoms with Crippen molar-refractivity contribution in [1.82, 2.24) is 19.4 Å². The zero-order chi connectivity index (χ0) is 12.4. The van der Waals surface area contributed by atoms with Gasteiger partial charge in [-0.05, 0) is 39.8 Å². The molecule has 0 N–H and O–H groups in total. The van der Waals surface area contributed by atoms with Gasteiger partial charge in [-0.15, -0.1) is 0 Å². The SMILES string of the molecule is CN(C)Cc1cccc2ncn(CN(C)C)c12. The lowest BCUT2D eigenvalue weighted by molar-refractivity contribution is 0.330. The second kappa shape index (κ2) is 4.85. The van der Waals surface area contributed by atoms with Crippen LogP contribution in [0, 0.1) is 0 Å². The van der Waals surface area contributed by atoms with Gasteiger partial charge in [-0.1, -0.05) is 12.1 Å². The van der Waals surface area contributed by atoms with Gasteiger partial charge in [0.05, 0.1) is 24.0 Å². The van der Waals surface area contributed by atoms with Crippen molar-refractivity contribution in [2.75, 3.05) is 28.2 Å². The van der Waals surface area contributed by atoms with Gasteiger partial charge in [-0.2, -0.15) is 0 Å². The summed E-state index contributed by atoms with van der Waals surface area (Å²) in [7, 11) is 8.32. The third-order valence-corrected chi connectivity index (χ3v) is 2.64. The summed E-state index contributed by atoms with van der Waals surface area (Å²) in [5.74, 6) is 0. The van der Waals surface area contributed by atoms with E-state index in [1.165, 1.54) is 11.1 Å². The van der Waals surface area contributed by atoms with Crippen molar-refractivity contribution in [3.05, 3.63) is 30.1 Å². The van der Waals surface area contributed by atoms with E-state index in [0.717, 1.165) is 18.7 Å². The Morgan fingerprint density at radius 1 is 1.12 bits per heavy atom. The van der Waals surface area contributed by atoms with Crippen molar-refractivity contribution in [2.45, 2.75) is 13.2 Å². The molecule has 0 aliphatic carbocycles. The predicted molar refractivity (Wildman–Crippen MR) is 70.8 cm³/mol. The number of aromatic nitrogens is 2. The number of fused-ring (bicyclic) bond motifs is 1. The van der Waals surface area contributed by atoms with E-state index in [0.29, 0.717) is 0 Å². The van der Waals surface area contributed by atoms with E-state index in [1.54, 1.807) is 0 Å². The van der Waals surface area contributed by atoms with E-state index in [-0.39, 0.29) is 0 Å². The lowest BCUT2D eigenvalue weighted by atomic mass is 10.1. The quantitative estimate of drug-likeness (QED) is 0.800. The van der Waals surface area contributed by atoms with E-state index < -0.39 is 0 Å². The molecule has 2 aromatic rings. The molecule has 4 heteroatoms. The first-order valence-corrected chi connectivity index (χ1v) is 5.80. The maximum atomic E-state index is 4.46. The largest absolute Gasteiger partial charge is 0.317 e. The Morgan fingerprint density at radius 3 is 2.53 bits per heavy atom. The highest BCUT2D eigenvalue weighted by molar-refractivity contribution is 5.79. The molecule has 0 amide bonds. The molecule has 2 rings (SSSR count). The Morgan fingerprint density at radius 2 is 1.88 bits per heavy atom. The van der Waals surface area contributed by atoms with E-state index in [2.05, 4.69) is 65.7 Å². The van der Waals surface area contributed by atoms with Crippen LogP contribution in [0.15, 0.2) is 24.5 Å². The van der Waals surface area contributed by atoms with Crippen molar-refractivity contribution in [1.29, 1.82) is 0 Å². The number of rotatable bonds is 4. The average molecular weight is 232 g/mol. The summed E-state index contributed by atoms with van der Waals surface area (Å²) in [6.45, 7) is 1.80. The molecule has 0 saturated carbocycles. The molecule has 0 spiro atoms. The molecule has 0 radical (unpaired) electrons. The van der Waals surface area contributed by atoms with Gasteiger partial charge >= 0.3 is 0 Å². The number of benzene rings is 1. The van der Waals surface area contributed by atoms with E-state index >= 15 is 0 Å². The van der Waals surface area contributed by atoms with Crippen LogP contribution in [0.3, 0.4) is 0 Å². The van der Waals surface area contributed by atoms with Crippen molar-refractivity contribution in [3.8, 4) is 0 Å². The Bertz CT molecular complexity index is 499. The lowest BCUT2D eigenvalue weighted by Gasteiger charge is -2.15. The van der Waals surface area contributed by atoms with Crippen LogP contribution in [0.5, 0.6) is 0 Å². The maximum absolute atomic E-state index is 4.46. The third-order valence-electron chi connectivity index (χ3n) is 2.64. The van der Waals surface area contributed by atoms with Gasteiger partial charge in [0.2, 0.25) is 0 Å². The lowest BCUT2D eigenvalue weighted by Crippen LogP contribution is -2.17. The molecule has 17 heavy (non-hydrogen) atoms. The van der Waals surface area contributed by atoms with E-state index in [4.69, 9.17) is 0 Å². The van der Waals surface area contributed by atoms with Crippen LogP contribution in [-0.2, 0) is 13.2 Å². The Balaban J connectivity index is 2.47. The van der Waals surface area contributed by atoms with E-state index in [1.807, 2.05) is 6.33 Å². The topological polar surface area (TPSA) is 24.3 Å². The number of nitrogens with zero attached hydrogens (tertiary/aromatic N) is 4. The molecule has 92 valence electrons. The minimum absolute atomic E-state index is 0.862. The highest BCUT2D eigenvalue weighted by Crippen LogP contribution is 2.19. The van der Waals surface area contributed by atoms with Crippen LogP contribution in [0.1, 0.15) is 5.56 Å². The molecular weight excluding hydrogens is 212 g/mol. The van der Waals surface area contributed by atoms with Crippen LogP contribution in [0.2, 0.25) is 0 Å². The molecular formula is C13H20N4. The summed E-state index contributed by atoms with van der Waals surface area (Å²) in [6.07, 6.45) is 1.92. The minimum atomic E-state index is 0.862. The zero-order valence-corrected chi connectivity index (χ0v) is 11.0. The fraction of sp³-hybridized carbons (Fsp3) is 0.462. The van der Waals surface area contributed by atoms with Crippen molar-refractivity contribution < 1.29 is 0 Å². The van der Waals surface area contributed by atoms with Gasteiger partial charge in [0.15, 0.2) is 0 Å². The predicted octanol–water partition coefficient (Wildman–Crippen LogP) is 1.62. The Kier molecular flexibility index (Phi) is 3.45. The third kappa shape index (κ3) is 2.65. The highest BCUT2D eigenvalue weighted by Gasteiger charge is 2.08. The van der Waals surface area contributed by atoms with Gasteiger partial charge in [-0.25, -0.2) is 4.98 Å². The van der Waals surface area contributed by atoms with Gasteiger partial charge in [-0.3, -0.25) is 4.90 Å². The fourth-order valence-corrected chi connectivity index (χ4v) is 2.08. The standard InChI is InChI=1S/C13H20N4/c1-15(2)8-11-6-5-7-12-13(11)17(9-14-12)10-16(3)4/h5-7,9H,8,10H2,1-4H3. The smallest absolute Gasteiger partial charge is 0.0969 e. The number of hydrogen-bond acceptors (Lipinski definition) is 3. The molecule has 0 bridgehead atoms. The molecule has 1 aromatic carbocycles. The Hall–Kier alpha value is -1.39. The van der Waals surface area contributed by atoms with Gasteiger partial charge < -0.3 is 9.47 Å². The first-order chi connectivity index (χ1) is 8.08. The van der Waals surface area contributed by atoms with E-state index in [9.17, 15) is 0 Å². The van der Waals surface area contributed by atoms with Crippen LogP contribution in [0.25, 0.3) is 11.0 Å². The molecule has 0 saturated heterocycles. The van der Waals surface area contributed by atoms with Crippen LogP contribution in [-0.4, -0.2) is 47.5 Å². The van der Waals surface area contributed by atoms with Crippen molar-refractivity contribution in [2.24, 2.45) is 0 Å². The maximum Gasteiger partial charge on any atom is 0.0969 e. The summed E-state index contributed by atoms with van der Waals surface area (Å²) < 4.78 is 2.20. The molecule has 1 heterocycles. The first-order valence-electron chi connectivity index (χ1n) is 5.80. The molecule has 0 atom stereocenters. The fourth-order valence-electron chi connectivity index (χ4n) is 2.08. The molecule has 0 unspecified atom stereocenters. The van der Waals surface area contributed by atoms with Gasteiger partial charge in [0, 0.05) is 6.54 Å². The summed E-state index contributed by atoms with van der Waals surface area (Å²) >= 11 is 0. The van der Waals surface area contributed by atoms with Crippen LogP contribution in [0.4, 0.5) is 0 Å². The summed E-state index contributed by atoms with van der Waals surface area (Å²) in [4.78, 5) is 8.79.